The fourth-order valence-electron chi connectivity index (χ4n) is 2.06. The molecule has 1 nitrogen and oxygen atoms in total. The summed E-state index contributed by atoms with van der Waals surface area (Å²) in [4.78, 5) is 11.8. The third kappa shape index (κ3) is 6.58. The van der Waals surface area contributed by atoms with Crippen molar-refractivity contribution in [1.82, 2.24) is 0 Å². The molecule has 0 heterocycles. The summed E-state index contributed by atoms with van der Waals surface area (Å²) in [6, 6.07) is 9.61. The molecule has 0 aliphatic carbocycles. The molecule has 0 unspecified atom stereocenters. The number of ketones is 1. The predicted octanol–water partition coefficient (Wildman–Crippen LogP) is 5.26. The summed E-state index contributed by atoms with van der Waals surface area (Å²) < 4.78 is 0. The number of rotatable bonds is 7. The van der Waals surface area contributed by atoms with Gasteiger partial charge in [-0.3, -0.25) is 4.79 Å². The smallest absolute Gasteiger partial charge is 0.162 e. The largest absolute Gasteiger partial charge is 0.294 e. The van der Waals surface area contributed by atoms with Crippen molar-refractivity contribution >= 4 is 5.78 Å². The number of Topliss-reactive ketones (excluding diaryl/α,β-unsaturated/α-hetero) is 1. The van der Waals surface area contributed by atoms with Gasteiger partial charge in [0.15, 0.2) is 5.78 Å². The molecule has 0 aromatic heterocycles. The first-order valence-electron chi connectivity index (χ1n) is 7.07. The van der Waals surface area contributed by atoms with E-state index in [1.807, 2.05) is 30.3 Å². The Bertz CT molecular complexity index is 346. The van der Waals surface area contributed by atoms with Crippen molar-refractivity contribution in [3.8, 4) is 0 Å². The number of hydrogen-bond donors (Lipinski definition) is 0. The van der Waals surface area contributed by atoms with Crippen molar-refractivity contribution in [1.29, 1.82) is 0 Å². The predicted molar refractivity (Wildman–Crippen MR) is 77.9 cm³/mol. The number of carbonyl (C=O) groups is 1. The van der Waals surface area contributed by atoms with Gasteiger partial charge in [-0.25, -0.2) is 0 Å². The first-order valence-corrected chi connectivity index (χ1v) is 7.07. The van der Waals surface area contributed by atoms with Crippen LogP contribution in [-0.2, 0) is 0 Å². The first-order chi connectivity index (χ1) is 8.49. The quantitative estimate of drug-likeness (QED) is 0.474. The molecule has 0 atom stereocenters. The number of benzene rings is 1. The molecule has 0 radical (unpaired) electrons. The zero-order valence-corrected chi connectivity index (χ0v) is 12.0. The van der Waals surface area contributed by atoms with Gasteiger partial charge in [0, 0.05) is 12.0 Å². The molecule has 1 rings (SSSR count). The normalized spacial score (nSPS) is 11.5. The van der Waals surface area contributed by atoms with Gasteiger partial charge in [-0.05, 0) is 18.3 Å². The maximum Gasteiger partial charge on any atom is 0.162 e. The number of unbranched alkanes of at least 4 members (excludes halogenated alkanes) is 3. The van der Waals surface area contributed by atoms with Crippen LogP contribution in [-0.4, -0.2) is 5.78 Å². The molecule has 0 fully saturated rings. The molecule has 100 valence electrons. The summed E-state index contributed by atoms with van der Waals surface area (Å²) in [6.45, 7) is 6.85. The minimum Gasteiger partial charge on any atom is -0.294 e. The molecule has 0 saturated carbocycles. The van der Waals surface area contributed by atoms with Crippen LogP contribution in [0.3, 0.4) is 0 Å². The van der Waals surface area contributed by atoms with Crippen LogP contribution in [0.15, 0.2) is 30.3 Å². The number of hydrogen-bond acceptors (Lipinski definition) is 1. The maximum absolute atomic E-state index is 11.8. The van der Waals surface area contributed by atoms with E-state index in [9.17, 15) is 4.79 Å². The summed E-state index contributed by atoms with van der Waals surface area (Å²) in [7, 11) is 0. The first kappa shape index (κ1) is 14.9. The lowest BCUT2D eigenvalue weighted by Gasteiger charge is -2.17. The van der Waals surface area contributed by atoms with Gasteiger partial charge in [0.1, 0.15) is 0 Å². The lowest BCUT2D eigenvalue weighted by molar-refractivity contribution is 0.0979. The van der Waals surface area contributed by atoms with Crippen molar-refractivity contribution in [2.24, 2.45) is 5.41 Å². The van der Waals surface area contributed by atoms with E-state index in [1.165, 1.54) is 25.7 Å². The zero-order valence-electron chi connectivity index (χ0n) is 12.0. The lowest BCUT2D eigenvalue weighted by atomic mass is 9.89. The second-order valence-corrected chi connectivity index (χ2v) is 6.26. The molecule has 0 amide bonds. The van der Waals surface area contributed by atoms with E-state index in [0.717, 1.165) is 12.0 Å². The van der Waals surface area contributed by atoms with Gasteiger partial charge in [0.2, 0.25) is 0 Å². The second-order valence-electron chi connectivity index (χ2n) is 6.26. The van der Waals surface area contributed by atoms with E-state index in [-0.39, 0.29) is 5.78 Å². The van der Waals surface area contributed by atoms with E-state index in [0.29, 0.717) is 11.8 Å². The van der Waals surface area contributed by atoms with E-state index in [4.69, 9.17) is 0 Å². The molecule has 18 heavy (non-hydrogen) atoms. The topological polar surface area (TPSA) is 17.1 Å². The van der Waals surface area contributed by atoms with Gasteiger partial charge in [-0.1, -0.05) is 70.4 Å². The molecule has 0 saturated heterocycles. The van der Waals surface area contributed by atoms with Crippen LogP contribution in [0.4, 0.5) is 0 Å². The third-order valence-corrected chi connectivity index (χ3v) is 3.18. The monoisotopic (exact) mass is 246 g/mol. The van der Waals surface area contributed by atoms with Crippen LogP contribution in [0.1, 0.15) is 69.7 Å². The molecule has 0 aliphatic rings. The second kappa shape index (κ2) is 7.35. The highest BCUT2D eigenvalue weighted by molar-refractivity contribution is 5.95. The highest BCUT2D eigenvalue weighted by Gasteiger charge is 2.09. The maximum atomic E-state index is 11.8. The van der Waals surface area contributed by atoms with Crippen molar-refractivity contribution in [3.63, 3.8) is 0 Å². The Morgan fingerprint density at radius 2 is 1.56 bits per heavy atom. The Labute approximate surface area is 112 Å². The molecule has 0 aliphatic heterocycles. The van der Waals surface area contributed by atoms with Crippen LogP contribution in [0.2, 0.25) is 0 Å². The van der Waals surface area contributed by atoms with Gasteiger partial charge in [-0.2, -0.15) is 0 Å². The van der Waals surface area contributed by atoms with Crippen molar-refractivity contribution in [3.05, 3.63) is 35.9 Å². The Morgan fingerprint density at radius 1 is 0.944 bits per heavy atom. The molecule has 0 spiro atoms. The van der Waals surface area contributed by atoms with E-state index in [1.54, 1.807) is 0 Å². The van der Waals surface area contributed by atoms with Crippen molar-refractivity contribution in [2.45, 2.75) is 59.3 Å². The minimum atomic E-state index is 0.284. The molecule has 1 aromatic carbocycles. The van der Waals surface area contributed by atoms with Crippen LogP contribution < -0.4 is 0 Å². The molecule has 0 N–H and O–H groups in total. The highest BCUT2D eigenvalue weighted by Crippen LogP contribution is 2.22. The van der Waals surface area contributed by atoms with Crippen LogP contribution in [0.25, 0.3) is 0 Å². The van der Waals surface area contributed by atoms with E-state index in [2.05, 4.69) is 20.8 Å². The average Bonchev–Trinajstić information content (AvgIpc) is 2.33. The third-order valence-electron chi connectivity index (χ3n) is 3.18. The summed E-state index contributed by atoms with van der Waals surface area (Å²) in [6.07, 6.45) is 6.70. The van der Waals surface area contributed by atoms with Gasteiger partial charge >= 0.3 is 0 Å². The van der Waals surface area contributed by atoms with Crippen LogP contribution in [0.5, 0.6) is 0 Å². The Balaban J connectivity index is 2.10. The Morgan fingerprint density at radius 3 is 2.17 bits per heavy atom. The summed E-state index contributed by atoms with van der Waals surface area (Å²) in [5, 5.41) is 0. The van der Waals surface area contributed by atoms with Crippen molar-refractivity contribution in [2.75, 3.05) is 0 Å². The average molecular weight is 246 g/mol. The molecule has 1 heteroatoms. The van der Waals surface area contributed by atoms with Gasteiger partial charge in [-0.15, -0.1) is 0 Å². The number of carbonyl (C=O) groups excluding carboxylic acids is 1. The summed E-state index contributed by atoms with van der Waals surface area (Å²) in [5.41, 5.74) is 1.30. The van der Waals surface area contributed by atoms with E-state index >= 15 is 0 Å². The van der Waals surface area contributed by atoms with Crippen LogP contribution in [0, 0.1) is 5.41 Å². The Kier molecular flexibility index (Phi) is 6.11. The van der Waals surface area contributed by atoms with E-state index < -0.39 is 0 Å². The fraction of sp³-hybridized carbons (Fsp3) is 0.588. The summed E-state index contributed by atoms with van der Waals surface area (Å²) >= 11 is 0. The fourth-order valence-corrected chi connectivity index (χ4v) is 2.06. The van der Waals surface area contributed by atoms with Gasteiger partial charge < -0.3 is 0 Å². The standard InChI is InChI=1S/C17H26O/c1-17(2,3)14-10-5-4-9-13-16(18)15-11-7-6-8-12-15/h6-8,11-12H,4-5,9-10,13-14H2,1-3H3. The minimum absolute atomic E-state index is 0.284. The molecule has 1 aromatic rings. The highest BCUT2D eigenvalue weighted by atomic mass is 16.1. The van der Waals surface area contributed by atoms with Crippen molar-refractivity contribution < 1.29 is 4.79 Å². The lowest BCUT2D eigenvalue weighted by Crippen LogP contribution is -2.04. The van der Waals surface area contributed by atoms with Gasteiger partial charge in [0.05, 0.1) is 0 Å². The Hall–Kier alpha value is -1.11. The SMILES string of the molecule is CC(C)(C)CCCCCCC(=O)c1ccccc1. The summed E-state index contributed by atoms with van der Waals surface area (Å²) in [5.74, 6) is 0.284. The van der Waals surface area contributed by atoms with Crippen LogP contribution >= 0.6 is 0 Å². The molecule has 0 bridgehead atoms. The molecular weight excluding hydrogens is 220 g/mol. The molecular formula is C17H26O. The van der Waals surface area contributed by atoms with Gasteiger partial charge in [0.25, 0.3) is 0 Å². The zero-order chi connectivity index (χ0) is 13.4.